The lowest BCUT2D eigenvalue weighted by Crippen LogP contribution is -2.24. The van der Waals surface area contributed by atoms with E-state index in [-0.39, 0.29) is 11.9 Å². The van der Waals surface area contributed by atoms with Crippen LogP contribution in [0.15, 0.2) is 28.1 Å². The van der Waals surface area contributed by atoms with E-state index in [9.17, 15) is 4.39 Å². The van der Waals surface area contributed by atoms with Crippen molar-refractivity contribution in [2.75, 3.05) is 6.54 Å². The maximum Gasteiger partial charge on any atom is 0.128 e. The number of nitrogens with one attached hydrogen (secondary N) is 1. The summed E-state index contributed by atoms with van der Waals surface area (Å²) in [5.41, 5.74) is 1.34. The van der Waals surface area contributed by atoms with Crippen molar-refractivity contribution in [3.8, 4) is 0 Å². The molecule has 2 rings (SSSR count). The summed E-state index contributed by atoms with van der Waals surface area (Å²) in [4.78, 5) is 0. The fraction of sp³-hybridized carbons (Fsp3) is 0.333. The second-order valence-electron chi connectivity index (χ2n) is 3.88. The zero-order valence-corrected chi connectivity index (χ0v) is 12.3. The molecule has 96 valence electrons. The van der Waals surface area contributed by atoms with Crippen molar-refractivity contribution in [3.63, 3.8) is 0 Å². The first-order valence-corrected chi connectivity index (χ1v) is 7.30. The summed E-state index contributed by atoms with van der Waals surface area (Å²) < 4.78 is 18.6. The first-order chi connectivity index (χ1) is 8.72. The summed E-state index contributed by atoms with van der Waals surface area (Å²) in [6.45, 7) is 2.87. The average Bonchev–Trinajstić information content (AvgIpc) is 2.88. The second kappa shape index (κ2) is 6.36. The molecule has 0 aliphatic carbocycles. The van der Waals surface area contributed by atoms with Crippen LogP contribution in [-0.2, 0) is 0 Å². The molecule has 0 fully saturated rings. The third-order valence-electron chi connectivity index (χ3n) is 2.54. The van der Waals surface area contributed by atoms with Gasteiger partial charge in [-0.15, -0.1) is 5.10 Å². The Hall–Kier alpha value is -0.850. The Morgan fingerprint density at radius 1 is 1.50 bits per heavy atom. The van der Waals surface area contributed by atoms with Crippen molar-refractivity contribution in [1.29, 1.82) is 0 Å². The van der Waals surface area contributed by atoms with Crippen LogP contribution in [0.2, 0.25) is 0 Å². The van der Waals surface area contributed by atoms with E-state index < -0.39 is 0 Å². The van der Waals surface area contributed by atoms with Gasteiger partial charge < -0.3 is 5.32 Å². The van der Waals surface area contributed by atoms with Crippen LogP contribution >= 0.6 is 27.5 Å². The topological polar surface area (TPSA) is 37.8 Å². The first-order valence-electron chi connectivity index (χ1n) is 5.67. The molecular weight excluding hydrogens is 317 g/mol. The molecule has 6 heteroatoms. The summed E-state index contributed by atoms with van der Waals surface area (Å²) in [5.74, 6) is -0.236. The number of hydrogen-bond acceptors (Lipinski definition) is 4. The third kappa shape index (κ3) is 3.13. The number of hydrogen-bond donors (Lipinski definition) is 1. The maximum atomic E-state index is 13.9. The lowest BCUT2D eigenvalue weighted by atomic mass is 10.0. The molecule has 0 saturated carbocycles. The van der Waals surface area contributed by atoms with Crippen LogP contribution in [-0.4, -0.2) is 16.1 Å². The molecule has 1 unspecified atom stereocenters. The van der Waals surface area contributed by atoms with E-state index in [2.05, 4.69) is 37.8 Å². The Balaban J connectivity index is 2.36. The van der Waals surface area contributed by atoms with Crippen LogP contribution in [0.25, 0.3) is 0 Å². The van der Waals surface area contributed by atoms with Gasteiger partial charge in [0, 0.05) is 15.4 Å². The molecule has 2 aromatic rings. The van der Waals surface area contributed by atoms with E-state index >= 15 is 0 Å². The highest BCUT2D eigenvalue weighted by atomic mass is 79.9. The highest BCUT2D eigenvalue weighted by Crippen LogP contribution is 2.26. The molecule has 0 aliphatic heterocycles. The zero-order valence-electron chi connectivity index (χ0n) is 9.86. The van der Waals surface area contributed by atoms with E-state index in [0.29, 0.717) is 5.56 Å². The number of benzene rings is 1. The molecule has 1 aromatic heterocycles. The van der Waals surface area contributed by atoms with E-state index in [4.69, 9.17) is 0 Å². The average molecular weight is 330 g/mol. The van der Waals surface area contributed by atoms with Gasteiger partial charge in [0.25, 0.3) is 0 Å². The van der Waals surface area contributed by atoms with Crippen molar-refractivity contribution >= 4 is 27.5 Å². The molecule has 1 N–H and O–H groups in total. The Morgan fingerprint density at radius 2 is 2.33 bits per heavy atom. The summed E-state index contributed by atoms with van der Waals surface area (Å²) >= 11 is 4.64. The standard InChI is InChI=1S/C12H13BrFN3S/c1-2-5-15-12(11-7-18-17-16-11)9-6-8(13)3-4-10(9)14/h3-4,6-7,12,15H,2,5H2,1H3. The van der Waals surface area contributed by atoms with Crippen molar-refractivity contribution < 1.29 is 4.39 Å². The summed E-state index contributed by atoms with van der Waals surface area (Å²) in [6.07, 6.45) is 0.976. The number of nitrogens with zero attached hydrogens (tertiary/aromatic N) is 2. The van der Waals surface area contributed by atoms with Crippen molar-refractivity contribution in [2.45, 2.75) is 19.4 Å². The monoisotopic (exact) mass is 329 g/mol. The van der Waals surface area contributed by atoms with Crippen molar-refractivity contribution in [1.82, 2.24) is 14.9 Å². The zero-order chi connectivity index (χ0) is 13.0. The van der Waals surface area contributed by atoms with Gasteiger partial charge in [0.15, 0.2) is 0 Å². The van der Waals surface area contributed by atoms with E-state index in [0.717, 1.165) is 23.1 Å². The summed E-state index contributed by atoms with van der Waals surface area (Å²) in [6, 6.07) is 4.68. The van der Waals surface area contributed by atoms with Gasteiger partial charge in [-0.1, -0.05) is 27.3 Å². The molecule has 0 saturated heterocycles. The first kappa shape index (κ1) is 13.6. The highest BCUT2D eigenvalue weighted by molar-refractivity contribution is 9.10. The van der Waals surface area contributed by atoms with Gasteiger partial charge in [-0.25, -0.2) is 4.39 Å². The van der Waals surface area contributed by atoms with E-state index in [1.54, 1.807) is 12.1 Å². The van der Waals surface area contributed by atoms with Crippen LogP contribution in [0.5, 0.6) is 0 Å². The lowest BCUT2D eigenvalue weighted by molar-refractivity contribution is 0.538. The van der Waals surface area contributed by atoms with Crippen LogP contribution < -0.4 is 5.32 Å². The predicted octanol–water partition coefficient (Wildman–Crippen LogP) is 3.53. The Morgan fingerprint density at radius 3 is 3.00 bits per heavy atom. The second-order valence-corrected chi connectivity index (χ2v) is 5.41. The molecule has 0 amide bonds. The highest BCUT2D eigenvalue weighted by Gasteiger charge is 2.19. The molecule has 0 radical (unpaired) electrons. The van der Waals surface area contributed by atoms with E-state index in [1.807, 2.05) is 5.38 Å². The molecule has 0 spiro atoms. The number of aromatic nitrogens is 2. The molecule has 3 nitrogen and oxygen atoms in total. The van der Waals surface area contributed by atoms with Gasteiger partial charge in [0.1, 0.15) is 5.82 Å². The SMILES string of the molecule is CCCNC(c1csnn1)c1cc(Br)ccc1F. The normalized spacial score (nSPS) is 12.6. The smallest absolute Gasteiger partial charge is 0.128 e. The molecule has 1 heterocycles. The van der Waals surface area contributed by atoms with Gasteiger partial charge in [0.05, 0.1) is 11.7 Å². The van der Waals surface area contributed by atoms with Crippen LogP contribution in [0.1, 0.15) is 30.6 Å². The quantitative estimate of drug-likeness (QED) is 0.911. The minimum absolute atomic E-state index is 0.236. The minimum atomic E-state index is -0.249. The fourth-order valence-electron chi connectivity index (χ4n) is 1.70. The van der Waals surface area contributed by atoms with Gasteiger partial charge in [-0.05, 0) is 42.7 Å². The van der Waals surface area contributed by atoms with Gasteiger partial charge in [0.2, 0.25) is 0 Å². The molecule has 0 bridgehead atoms. The lowest BCUT2D eigenvalue weighted by Gasteiger charge is -2.17. The van der Waals surface area contributed by atoms with Crippen LogP contribution in [0.4, 0.5) is 4.39 Å². The molecule has 18 heavy (non-hydrogen) atoms. The minimum Gasteiger partial charge on any atom is -0.305 e. The molecular formula is C12H13BrFN3S. The van der Waals surface area contributed by atoms with Crippen molar-refractivity contribution in [2.24, 2.45) is 0 Å². The van der Waals surface area contributed by atoms with E-state index in [1.165, 1.54) is 17.6 Å². The number of rotatable bonds is 5. The predicted molar refractivity (Wildman–Crippen MR) is 74.1 cm³/mol. The Labute approximate surface area is 118 Å². The van der Waals surface area contributed by atoms with Crippen LogP contribution in [0, 0.1) is 5.82 Å². The van der Waals surface area contributed by atoms with Gasteiger partial charge >= 0.3 is 0 Å². The molecule has 0 aliphatic rings. The molecule has 1 atom stereocenters. The Bertz CT molecular complexity index is 504. The fourth-order valence-corrected chi connectivity index (χ4v) is 2.55. The Kier molecular flexibility index (Phi) is 4.79. The van der Waals surface area contributed by atoms with Crippen molar-refractivity contribution in [3.05, 3.63) is 45.1 Å². The van der Waals surface area contributed by atoms with Gasteiger partial charge in [-0.2, -0.15) is 0 Å². The third-order valence-corrected chi connectivity index (χ3v) is 3.56. The summed E-state index contributed by atoms with van der Waals surface area (Å²) in [7, 11) is 0. The van der Waals surface area contributed by atoms with Gasteiger partial charge in [-0.3, -0.25) is 0 Å². The maximum absolute atomic E-state index is 13.9. The largest absolute Gasteiger partial charge is 0.305 e. The summed E-state index contributed by atoms with van der Waals surface area (Å²) in [5, 5.41) is 9.18. The molecule has 1 aromatic carbocycles. The number of halogens is 2. The van der Waals surface area contributed by atoms with Crippen LogP contribution in [0.3, 0.4) is 0 Å².